The maximum Gasteiger partial charge on any atom is 0.145 e. The van der Waals surface area contributed by atoms with Crippen LogP contribution in [-0.2, 0) is 4.57 Å². The van der Waals surface area contributed by atoms with Crippen LogP contribution in [0.2, 0.25) is 0 Å². The van der Waals surface area contributed by atoms with Crippen LogP contribution >= 0.6 is 7.14 Å². The van der Waals surface area contributed by atoms with E-state index in [1.165, 1.54) is 18.1 Å². The first-order chi connectivity index (χ1) is 31.6. The molecule has 0 amide bonds. The highest BCUT2D eigenvalue weighted by Crippen LogP contribution is 2.38. The molecule has 10 rings (SSSR count). The fourth-order valence-corrected chi connectivity index (χ4v) is 8.79. The summed E-state index contributed by atoms with van der Waals surface area (Å²) in [4.78, 5) is 9.40. The summed E-state index contributed by atoms with van der Waals surface area (Å²) in [5.41, 5.74) is 10.9. The molecule has 0 atom stereocenters. The molecular weight excluding hydrogens is 816 g/mol. The van der Waals surface area contributed by atoms with Crippen molar-refractivity contribution in [3.8, 4) is 34.9 Å². The van der Waals surface area contributed by atoms with Gasteiger partial charge in [-0.1, -0.05) is 169 Å². The fraction of sp³-hybridized carbons (Fsp3) is 0.0877. The third kappa shape index (κ3) is 12.1. The number of aromatic nitrogens is 4. The van der Waals surface area contributed by atoms with Crippen LogP contribution in [0.15, 0.2) is 218 Å². The van der Waals surface area contributed by atoms with Gasteiger partial charge >= 0.3 is 0 Å². The second kappa shape index (κ2) is 22.8. The third-order valence-corrected chi connectivity index (χ3v) is 12.9. The number of aryl methyl sites for hydroxylation is 3. The summed E-state index contributed by atoms with van der Waals surface area (Å²) in [6.07, 6.45) is 0. The second-order valence-electron chi connectivity index (χ2n) is 15.1. The number of para-hydroxylation sites is 6. The van der Waals surface area contributed by atoms with Crippen molar-refractivity contribution in [3.63, 3.8) is 0 Å². The van der Waals surface area contributed by atoms with Crippen LogP contribution in [0.1, 0.15) is 29.4 Å². The number of nitrogens with zero attached hydrogens (tertiary/aromatic N) is 6. The van der Waals surface area contributed by atoms with Gasteiger partial charge in [-0.05, 0) is 88.1 Å². The van der Waals surface area contributed by atoms with E-state index < -0.39 is 7.14 Å². The monoisotopic (exact) mass is 866 g/mol. The minimum absolute atomic E-state index is 0.723. The maximum absolute atomic E-state index is 12.6. The number of benzene rings is 8. The van der Waals surface area contributed by atoms with Crippen molar-refractivity contribution in [1.29, 1.82) is 10.5 Å². The number of imidazole rings is 2. The molecule has 0 saturated carbocycles. The summed E-state index contributed by atoms with van der Waals surface area (Å²) in [5, 5.41) is 17.5. The Bertz CT molecular complexity index is 3130. The molecule has 0 spiro atoms. The van der Waals surface area contributed by atoms with Gasteiger partial charge in [0.25, 0.3) is 0 Å². The van der Waals surface area contributed by atoms with Gasteiger partial charge in [-0.2, -0.15) is 10.5 Å². The van der Waals surface area contributed by atoms with Crippen molar-refractivity contribution in [2.45, 2.75) is 27.7 Å². The highest BCUT2D eigenvalue weighted by atomic mass is 31.2. The van der Waals surface area contributed by atoms with E-state index >= 15 is 0 Å². The van der Waals surface area contributed by atoms with E-state index in [4.69, 9.17) is 15.5 Å². The van der Waals surface area contributed by atoms with E-state index in [9.17, 15) is 4.57 Å². The lowest BCUT2D eigenvalue weighted by molar-refractivity contribution is 0.590. The van der Waals surface area contributed by atoms with Gasteiger partial charge < -0.3 is 4.57 Å². The molecule has 0 aliphatic carbocycles. The van der Waals surface area contributed by atoms with Gasteiger partial charge in [-0.25, -0.2) is 9.97 Å². The van der Waals surface area contributed by atoms with E-state index in [2.05, 4.69) is 112 Å². The molecule has 0 aliphatic heterocycles. The number of fused-ring (bicyclic) bond motifs is 2. The number of rotatable bonds is 5. The first-order valence-corrected chi connectivity index (χ1v) is 23.4. The molecule has 7 nitrogen and oxygen atoms in total. The molecule has 2 aromatic heterocycles. The average Bonchev–Trinajstić information content (AvgIpc) is 3.91. The molecule has 0 radical (unpaired) electrons. The molecule has 0 unspecified atom stereocenters. The van der Waals surface area contributed by atoms with E-state index in [1.54, 1.807) is 6.07 Å². The quantitative estimate of drug-likeness (QED) is 0.160. The van der Waals surface area contributed by atoms with E-state index in [1.807, 2.05) is 154 Å². The molecule has 0 fully saturated rings. The zero-order valence-electron chi connectivity index (χ0n) is 37.3. The second-order valence-corrected chi connectivity index (χ2v) is 18.0. The zero-order chi connectivity index (χ0) is 46.0. The molecule has 0 N–H and O–H groups in total. The third-order valence-electron chi connectivity index (χ3n) is 10.3. The van der Waals surface area contributed by atoms with Gasteiger partial charge in [0.05, 0.1) is 39.8 Å². The molecule has 10 aromatic rings. The summed E-state index contributed by atoms with van der Waals surface area (Å²) in [6, 6.07) is 76.3. The van der Waals surface area contributed by atoms with Crippen molar-refractivity contribution < 1.29 is 4.57 Å². The molecule has 8 heteroatoms. The van der Waals surface area contributed by atoms with Crippen molar-refractivity contribution in [2.75, 3.05) is 6.66 Å². The Kier molecular flexibility index (Phi) is 16.3. The van der Waals surface area contributed by atoms with Crippen LogP contribution in [0, 0.1) is 43.4 Å². The Morgan fingerprint density at radius 3 is 1.29 bits per heavy atom. The lowest BCUT2D eigenvalue weighted by atomic mass is 10.1. The minimum atomic E-state index is -2.40. The smallest absolute Gasteiger partial charge is 0.145 e. The van der Waals surface area contributed by atoms with E-state index in [-0.39, 0.29) is 0 Å². The lowest BCUT2D eigenvalue weighted by Crippen LogP contribution is -2.14. The van der Waals surface area contributed by atoms with Crippen LogP contribution in [0.25, 0.3) is 44.8 Å². The molecular formula is C57H51N6OP. The highest BCUT2D eigenvalue weighted by Gasteiger charge is 2.20. The van der Waals surface area contributed by atoms with Gasteiger partial charge in [0, 0.05) is 34.5 Å². The number of nitriles is 2. The van der Waals surface area contributed by atoms with Gasteiger partial charge in [-0.15, -0.1) is 0 Å². The van der Waals surface area contributed by atoms with Crippen LogP contribution in [0.3, 0.4) is 0 Å². The van der Waals surface area contributed by atoms with Crippen molar-refractivity contribution >= 4 is 39.8 Å². The van der Waals surface area contributed by atoms with Crippen LogP contribution in [-0.4, -0.2) is 25.8 Å². The molecule has 8 aromatic carbocycles. The van der Waals surface area contributed by atoms with Crippen molar-refractivity contribution in [1.82, 2.24) is 19.1 Å². The van der Waals surface area contributed by atoms with Crippen LogP contribution in [0.4, 0.5) is 0 Å². The summed E-state index contributed by atoms with van der Waals surface area (Å²) in [7, 11) is -2.40. The average molecular weight is 867 g/mol. The lowest BCUT2D eigenvalue weighted by Gasteiger charge is -2.13. The summed E-state index contributed by atoms with van der Waals surface area (Å²) < 4.78 is 17.0. The van der Waals surface area contributed by atoms with Gasteiger partial charge in [0.2, 0.25) is 0 Å². The largest absolute Gasteiger partial charge is 0.314 e. The Morgan fingerprint density at radius 1 is 0.462 bits per heavy atom. The van der Waals surface area contributed by atoms with E-state index in [0.29, 0.717) is 0 Å². The molecule has 2 heterocycles. The standard InChI is InChI=1S/C20H16N2.C14H12N2.C13H13OP.C8H7N.C2H3N/c1-15-11-13-16(14-12-15)20-21-18-9-5-6-10-19(18)22(20)17-7-3-2-4-8-17;1-11-15-13-9-5-6-10-14(13)16(11)12-7-3-2-4-8-12;1-15(14,12-8-4-2-5-9-12)13-10-6-3-7-11-13;1-7-2-4-8(6-9)5-3-7;1-2-3/h2-14H,1H3;2-10H,1H3;2-11H,1H3;2-5H,1H3;1H3. The SMILES string of the molecule is CC#N.CP(=O)(c1ccccc1)c1ccccc1.Cc1ccc(-c2nc3ccccc3n2-c2ccccc2)cc1.Cc1ccc(C#N)cc1.Cc1nc2ccccc2n1-c1ccccc1. The summed E-state index contributed by atoms with van der Waals surface area (Å²) >= 11 is 0. The van der Waals surface area contributed by atoms with Gasteiger partial charge in [0.15, 0.2) is 0 Å². The Hall–Kier alpha value is -8.09. The Labute approximate surface area is 382 Å². The predicted molar refractivity (Wildman–Crippen MR) is 270 cm³/mol. The first kappa shape index (κ1) is 46.4. The molecule has 65 heavy (non-hydrogen) atoms. The molecule has 320 valence electrons. The van der Waals surface area contributed by atoms with Crippen molar-refractivity contribution in [3.05, 3.63) is 241 Å². The number of hydrogen-bond donors (Lipinski definition) is 0. The fourth-order valence-electron chi connectivity index (χ4n) is 7.01. The highest BCUT2D eigenvalue weighted by molar-refractivity contribution is 7.78. The predicted octanol–water partition coefficient (Wildman–Crippen LogP) is 13.4. The van der Waals surface area contributed by atoms with E-state index in [0.717, 1.165) is 66.8 Å². The van der Waals surface area contributed by atoms with Gasteiger partial charge in [0.1, 0.15) is 18.8 Å². The molecule has 0 aliphatic rings. The molecule has 0 saturated heterocycles. The maximum atomic E-state index is 12.6. The molecule has 0 bridgehead atoms. The number of hydrogen-bond acceptors (Lipinski definition) is 5. The summed E-state index contributed by atoms with van der Waals surface area (Å²) in [6.45, 7) is 9.38. The zero-order valence-corrected chi connectivity index (χ0v) is 38.2. The van der Waals surface area contributed by atoms with Crippen molar-refractivity contribution in [2.24, 2.45) is 0 Å². The van der Waals surface area contributed by atoms with Gasteiger partial charge in [-0.3, -0.25) is 9.13 Å². The summed E-state index contributed by atoms with van der Waals surface area (Å²) in [5.74, 6) is 2.00. The Balaban J connectivity index is 0.000000146. The minimum Gasteiger partial charge on any atom is -0.314 e. The van der Waals surface area contributed by atoms with Crippen LogP contribution < -0.4 is 10.6 Å². The topological polar surface area (TPSA) is 100 Å². The first-order valence-electron chi connectivity index (χ1n) is 21.2. The van der Waals surface area contributed by atoms with Crippen LogP contribution in [0.5, 0.6) is 0 Å². The Morgan fingerprint density at radius 2 is 0.831 bits per heavy atom. The normalized spacial score (nSPS) is 10.3.